The number of urea groups is 1. The first-order chi connectivity index (χ1) is 21.1. The molecule has 45 heavy (non-hydrogen) atoms. The fourth-order valence-corrected chi connectivity index (χ4v) is 5.04. The number of nitrogens with zero attached hydrogens (tertiary/aromatic N) is 3. The van der Waals surface area contributed by atoms with Gasteiger partial charge < -0.3 is 15.0 Å². The molecule has 0 radical (unpaired) electrons. The zero-order valence-corrected chi connectivity index (χ0v) is 24.4. The van der Waals surface area contributed by atoms with Gasteiger partial charge in [-0.05, 0) is 35.4 Å². The van der Waals surface area contributed by atoms with Crippen LogP contribution in [-0.2, 0) is 21.6 Å². The normalized spacial score (nSPS) is 17.6. The summed E-state index contributed by atoms with van der Waals surface area (Å²) in [6, 6.07) is 9.86. The number of halogens is 8. The number of carbonyl (C=O) groups excluding carboxylic acids is 2. The number of aromatic nitrogens is 1. The van der Waals surface area contributed by atoms with Crippen LogP contribution in [0.4, 0.5) is 35.5 Å². The lowest BCUT2D eigenvalue weighted by molar-refractivity contribution is -0.253. The van der Waals surface area contributed by atoms with Gasteiger partial charge in [-0.3, -0.25) is 14.6 Å². The van der Waals surface area contributed by atoms with Gasteiger partial charge in [-0.1, -0.05) is 41.9 Å². The van der Waals surface area contributed by atoms with Crippen molar-refractivity contribution in [1.29, 1.82) is 0 Å². The van der Waals surface area contributed by atoms with Gasteiger partial charge in [0, 0.05) is 32.2 Å². The van der Waals surface area contributed by atoms with Crippen molar-refractivity contribution in [1.82, 2.24) is 20.3 Å². The molecule has 8 nitrogen and oxygen atoms in total. The number of carbonyl (C=O) groups is 2. The van der Waals surface area contributed by atoms with Crippen LogP contribution in [0.2, 0.25) is 5.02 Å². The van der Waals surface area contributed by atoms with Gasteiger partial charge in [0.15, 0.2) is 0 Å². The Bertz CT molecular complexity index is 1520. The molecule has 1 N–H and O–H groups in total. The highest BCUT2D eigenvalue weighted by molar-refractivity contribution is 6.30. The maximum Gasteiger partial charge on any atom is 0.461 e. The minimum absolute atomic E-state index is 0.0795. The highest BCUT2D eigenvalue weighted by Gasteiger charge is 2.52. The molecule has 16 heteroatoms. The average Bonchev–Trinajstić information content (AvgIpc) is 3.31. The molecular formula is C29H26ClF7N4O4. The smallest absolute Gasteiger partial charge is 0.428 e. The lowest BCUT2D eigenvalue weighted by Crippen LogP contribution is -2.57. The Morgan fingerprint density at radius 2 is 1.84 bits per heavy atom. The summed E-state index contributed by atoms with van der Waals surface area (Å²) in [5.74, 6) is -6.72. The fraction of sp³-hybridized carbons (Fsp3) is 0.345. The highest BCUT2D eigenvalue weighted by Crippen LogP contribution is 2.39. The number of amides is 3. The first kappa shape index (κ1) is 33.8. The summed E-state index contributed by atoms with van der Waals surface area (Å²) < 4.78 is 102. The Kier molecular flexibility index (Phi) is 9.82. The minimum Gasteiger partial charge on any atom is -0.428 e. The number of ether oxygens (including phenoxy) is 1. The van der Waals surface area contributed by atoms with E-state index in [1.54, 1.807) is 30.3 Å². The summed E-state index contributed by atoms with van der Waals surface area (Å²) in [4.78, 5) is 36.5. The van der Waals surface area contributed by atoms with Crippen LogP contribution in [0.5, 0.6) is 5.75 Å². The van der Waals surface area contributed by atoms with Gasteiger partial charge in [-0.15, -0.1) is 0 Å². The Labute approximate surface area is 257 Å². The van der Waals surface area contributed by atoms with Gasteiger partial charge in [-0.25, -0.2) is 23.0 Å². The van der Waals surface area contributed by atoms with Gasteiger partial charge in [-0.2, -0.15) is 17.6 Å². The quantitative estimate of drug-likeness (QED) is 0.212. The summed E-state index contributed by atoms with van der Waals surface area (Å²) in [6.07, 6.45) is -9.47. The molecule has 1 fully saturated rings. The molecule has 4 rings (SSSR count). The molecular weight excluding hydrogens is 637 g/mol. The van der Waals surface area contributed by atoms with Crippen LogP contribution in [0.15, 0.2) is 66.9 Å². The second kappa shape index (κ2) is 13.1. The van der Waals surface area contributed by atoms with Crippen LogP contribution in [0.3, 0.4) is 0 Å². The molecule has 1 saturated heterocycles. The summed E-state index contributed by atoms with van der Waals surface area (Å²) in [5, 5.41) is 3.37. The van der Waals surface area contributed by atoms with Crippen molar-refractivity contribution in [2.24, 2.45) is 0 Å². The van der Waals surface area contributed by atoms with E-state index in [-0.39, 0.29) is 22.7 Å². The topological polar surface area (TPSA) is 84.0 Å². The zero-order valence-electron chi connectivity index (χ0n) is 23.6. The first-order valence-corrected chi connectivity index (χ1v) is 13.5. The van der Waals surface area contributed by atoms with Crippen molar-refractivity contribution in [3.63, 3.8) is 0 Å². The van der Waals surface area contributed by atoms with E-state index < -0.39 is 66.5 Å². The van der Waals surface area contributed by atoms with Crippen LogP contribution >= 0.6 is 11.6 Å². The first-order valence-electron chi connectivity index (χ1n) is 13.2. The maximum atomic E-state index is 15.0. The largest absolute Gasteiger partial charge is 0.461 e. The highest BCUT2D eigenvalue weighted by atomic mass is 35.5. The number of alkyl halides is 6. The zero-order chi connectivity index (χ0) is 33.2. The van der Waals surface area contributed by atoms with Crippen LogP contribution in [0.25, 0.3) is 0 Å². The van der Waals surface area contributed by atoms with Crippen molar-refractivity contribution >= 4 is 23.5 Å². The molecule has 0 spiro atoms. The molecule has 1 unspecified atom stereocenters. The standard InChI is InChI=1S/C29H26ClF7N4O4/c1-40(44-2)24(42)22-14-27(34,35)16-41(22)26(43)39-28(13-17-6-4-3-5-7-17,23-9-8-19(30)15-38-23)18-10-20(31)12-21(11-18)45-29(36,37)25(32)33/h3-12,15,22,25H,13-14,16H2,1-2H3,(H,39,43)/t22?,28-/m0/s1. The lowest BCUT2D eigenvalue weighted by Gasteiger charge is -2.38. The third-order valence-corrected chi connectivity index (χ3v) is 7.29. The van der Waals surface area contributed by atoms with Crippen molar-refractivity contribution < 1.29 is 49.9 Å². The lowest BCUT2D eigenvalue weighted by atomic mass is 9.80. The molecule has 2 aromatic carbocycles. The van der Waals surface area contributed by atoms with Gasteiger partial charge in [0.05, 0.1) is 24.4 Å². The molecule has 0 aliphatic carbocycles. The third-order valence-electron chi connectivity index (χ3n) is 7.07. The molecule has 2 atom stereocenters. The molecule has 1 aliphatic rings. The minimum atomic E-state index is -5.02. The summed E-state index contributed by atoms with van der Waals surface area (Å²) in [7, 11) is 2.28. The number of nitrogens with one attached hydrogen (secondary N) is 1. The van der Waals surface area contributed by atoms with E-state index in [0.717, 1.165) is 32.5 Å². The van der Waals surface area contributed by atoms with Gasteiger partial charge >= 0.3 is 18.6 Å². The van der Waals surface area contributed by atoms with Crippen LogP contribution in [-0.4, -0.2) is 72.1 Å². The van der Waals surface area contributed by atoms with Crippen molar-refractivity contribution in [3.8, 4) is 5.75 Å². The molecule has 1 aliphatic heterocycles. The van der Waals surface area contributed by atoms with Crippen molar-refractivity contribution in [3.05, 3.63) is 94.5 Å². The van der Waals surface area contributed by atoms with Crippen LogP contribution in [0, 0.1) is 5.82 Å². The SMILES string of the molecule is CON(C)C(=O)C1CC(F)(F)CN1C(=O)N[C@@](Cc1ccccc1)(c1cc(F)cc(OC(F)(F)C(F)F)c1)c1ccc(Cl)cn1. The summed E-state index contributed by atoms with van der Waals surface area (Å²) in [6.45, 7) is -1.19. The van der Waals surface area contributed by atoms with E-state index in [4.69, 9.17) is 16.4 Å². The van der Waals surface area contributed by atoms with E-state index in [9.17, 15) is 35.9 Å². The Morgan fingerprint density at radius 3 is 2.44 bits per heavy atom. The third kappa shape index (κ3) is 7.59. The number of hydroxylamine groups is 2. The average molecular weight is 663 g/mol. The van der Waals surface area contributed by atoms with E-state index in [1.165, 1.54) is 12.1 Å². The molecule has 3 amide bonds. The van der Waals surface area contributed by atoms with E-state index in [1.807, 2.05) is 0 Å². The summed E-state index contributed by atoms with van der Waals surface area (Å²) >= 11 is 6.03. The molecule has 0 saturated carbocycles. The number of pyridine rings is 1. The molecule has 2 heterocycles. The molecule has 3 aromatic rings. The monoisotopic (exact) mass is 662 g/mol. The number of rotatable bonds is 10. The molecule has 1 aromatic heterocycles. The second-order valence-corrected chi connectivity index (χ2v) is 10.7. The van der Waals surface area contributed by atoms with Gasteiger partial charge in [0.25, 0.3) is 11.8 Å². The van der Waals surface area contributed by atoms with Gasteiger partial charge in [0.1, 0.15) is 23.1 Å². The molecule has 242 valence electrons. The van der Waals surface area contributed by atoms with E-state index in [0.29, 0.717) is 21.6 Å². The van der Waals surface area contributed by atoms with Gasteiger partial charge in [0.2, 0.25) is 0 Å². The van der Waals surface area contributed by atoms with Crippen LogP contribution in [0.1, 0.15) is 23.2 Å². The fourth-order valence-electron chi connectivity index (χ4n) is 4.93. The number of likely N-dealkylation sites (N-methyl/N-ethyl adjacent to an activating group) is 1. The molecule has 0 bridgehead atoms. The van der Waals surface area contributed by atoms with Crippen LogP contribution < -0.4 is 10.1 Å². The predicted octanol–water partition coefficient (Wildman–Crippen LogP) is 6.04. The van der Waals surface area contributed by atoms with E-state index in [2.05, 4.69) is 15.0 Å². The number of hydrogen-bond acceptors (Lipinski definition) is 5. The second-order valence-electron chi connectivity index (χ2n) is 10.2. The Balaban J connectivity index is 1.91. The van der Waals surface area contributed by atoms with Crippen molar-refractivity contribution in [2.75, 3.05) is 20.7 Å². The predicted molar refractivity (Wildman–Crippen MR) is 147 cm³/mol. The number of benzene rings is 2. The number of hydrogen-bond donors (Lipinski definition) is 1. The summed E-state index contributed by atoms with van der Waals surface area (Å²) in [5.41, 5.74) is -2.03. The van der Waals surface area contributed by atoms with E-state index >= 15 is 4.39 Å². The number of likely N-dealkylation sites (tertiary alicyclic amines) is 1. The Hall–Kier alpha value is -4.11. The maximum absolute atomic E-state index is 15.0. The Morgan fingerprint density at radius 1 is 1.16 bits per heavy atom. The van der Waals surface area contributed by atoms with Crippen molar-refractivity contribution in [2.45, 2.75) is 42.9 Å².